The topological polar surface area (TPSA) is 24.9 Å². The number of aromatic nitrogens is 1. The Balaban J connectivity index is 2.34. The fourth-order valence-electron chi connectivity index (χ4n) is 1.59. The maximum absolute atomic E-state index is 4.37. The number of nitrogens with zero attached hydrogens (tertiary/aromatic N) is 1. The van der Waals surface area contributed by atoms with Crippen LogP contribution in [0.4, 0.5) is 0 Å². The third kappa shape index (κ3) is 5.89. The molecule has 0 spiro atoms. The van der Waals surface area contributed by atoms with E-state index < -0.39 is 0 Å². The third-order valence-corrected chi connectivity index (χ3v) is 4.22. The van der Waals surface area contributed by atoms with Crippen LogP contribution in [0, 0.1) is 0 Å². The molecule has 2 nitrogen and oxygen atoms in total. The number of hydrogen-bond donors (Lipinski definition) is 1. The molecule has 0 fully saturated rings. The minimum absolute atomic E-state index is 0.546. The highest BCUT2D eigenvalue weighted by Crippen LogP contribution is 2.21. The van der Waals surface area contributed by atoms with Crippen molar-refractivity contribution in [1.29, 1.82) is 0 Å². The number of pyridine rings is 1. The van der Waals surface area contributed by atoms with Crippen molar-refractivity contribution in [1.82, 2.24) is 10.3 Å². The van der Waals surface area contributed by atoms with Crippen LogP contribution >= 0.6 is 27.7 Å². The first-order chi connectivity index (χ1) is 8.15. The van der Waals surface area contributed by atoms with Gasteiger partial charge in [-0.1, -0.05) is 20.8 Å². The Morgan fingerprint density at radius 3 is 2.59 bits per heavy atom. The smallest absolute Gasteiger partial charge is 0.0963 e. The van der Waals surface area contributed by atoms with Gasteiger partial charge in [0.25, 0.3) is 0 Å². The first-order valence-corrected chi connectivity index (χ1v) is 7.84. The third-order valence-electron chi connectivity index (χ3n) is 2.70. The predicted octanol–water partition coefficient (Wildman–Crippen LogP) is 4.10. The number of thioether (sulfide) groups is 1. The van der Waals surface area contributed by atoms with Crippen LogP contribution < -0.4 is 5.32 Å². The van der Waals surface area contributed by atoms with Gasteiger partial charge in [0, 0.05) is 28.5 Å². The summed E-state index contributed by atoms with van der Waals surface area (Å²) in [6, 6.07) is 4.74. The highest BCUT2D eigenvalue weighted by molar-refractivity contribution is 9.10. The quantitative estimate of drug-likeness (QED) is 0.766. The molecule has 1 aromatic heterocycles. The Hall–Kier alpha value is -0.0600. The fourth-order valence-corrected chi connectivity index (χ4v) is 2.68. The molecule has 1 atom stereocenters. The summed E-state index contributed by atoms with van der Waals surface area (Å²) in [5, 5.41) is 5.23. The molecule has 1 heterocycles. The van der Waals surface area contributed by atoms with Crippen LogP contribution in [0.25, 0.3) is 0 Å². The lowest BCUT2D eigenvalue weighted by molar-refractivity contribution is 0.488. The lowest BCUT2D eigenvalue weighted by Crippen LogP contribution is -2.32. The van der Waals surface area contributed by atoms with E-state index in [0.717, 1.165) is 16.0 Å². The average Bonchev–Trinajstić information content (AvgIpc) is 2.33. The standard InChI is InChI=1S/C13H21BrN2S/c1-4-12(5-2)15-8-10(3)17-13-7-6-11(14)9-16-13/h6-7,9-10,12,15H,4-5,8H2,1-3H3. The van der Waals surface area contributed by atoms with Crippen LogP contribution in [0.3, 0.4) is 0 Å². The molecule has 1 N–H and O–H groups in total. The summed E-state index contributed by atoms with van der Waals surface area (Å²) in [4.78, 5) is 4.37. The van der Waals surface area contributed by atoms with Crippen molar-refractivity contribution in [2.75, 3.05) is 6.54 Å². The van der Waals surface area contributed by atoms with Gasteiger partial charge in [-0.05, 0) is 40.9 Å². The highest BCUT2D eigenvalue weighted by Gasteiger charge is 2.08. The molecule has 0 aliphatic heterocycles. The fraction of sp³-hybridized carbons (Fsp3) is 0.615. The lowest BCUT2D eigenvalue weighted by atomic mass is 10.2. The Morgan fingerprint density at radius 1 is 1.35 bits per heavy atom. The Labute approximate surface area is 117 Å². The second-order valence-electron chi connectivity index (χ2n) is 4.16. The maximum Gasteiger partial charge on any atom is 0.0963 e. The van der Waals surface area contributed by atoms with E-state index in [1.165, 1.54) is 12.8 Å². The zero-order valence-electron chi connectivity index (χ0n) is 10.7. The Bertz CT molecular complexity index is 312. The summed E-state index contributed by atoms with van der Waals surface area (Å²) in [5.74, 6) is 0. The zero-order valence-corrected chi connectivity index (χ0v) is 13.1. The summed E-state index contributed by atoms with van der Waals surface area (Å²) in [5.41, 5.74) is 0. The van der Waals surface area contributed by atoms with Gasteiger partial charge in [-0.3, -0.25) is 0 Å². The molecule has 4 heteroatoms. The van der Waals surface area contributed by atoms with Gasteiger partial charge in [-0.25, -0.2) is 4.98 Å². The molecule has 1 rings (SSSR count). The molecule has 0 aliphatic rings. The molecule has 0 bridgehead atoms. The van der Waals surface area contributed by atoms with E-state index in [4.69, 9.17) is 0 Å². The normalized spacial score (nSPS) is 13.0. The summed E-state index contributed by atoms with van der Waals surface area (Å²) < 4.78 is 1.03. The number of hydrogen-bond acceptors (Lipinski definition) is 3. The van der Waals surface area contributed by atoms with Crippen molar-refractivity contribution >= 4 is 27.7 Å². The number of nitrogens with one attached hydrogen (secondary N) is 1. The molecule has 0 amide bonds. The Morgan fingerprint density at radius 2 is 2.06 bits per heavy atom. The molecule has 17 heavy (non-hydrogen) atoms. The van der Waals surface area contributed by atoms with E-state index in [1.54, 1.807) is 0 Å². The Kier molecular flexibility index (Phi) is 7.16. The van der Waals surface area contributed by atoms with Crippen LogP contribution in [0.5, 0.6) is 0 Å². The van der Waals surface area contributed by atoms with Gasteiger partial charge in [-0.2, -0.15) is 0 Å². The average molecular weight is 317 g/mol. The van der Waals surface area contributed by atoms with Crippen molar-refractivity contribution in [3.05, 3.63) is 22.8 Å². The zero-order chi connectivity index (χ0) is 12.7. The molecule has 1 aromatic rings. The van der Waals surface area contributed by atoms with Gasteiger partial charge in [0.2, 0.25) is 0 Å². The van der Waals surface area contributed by atoms with Crippen molar-refractivity contribution in [3.8, 4) is 0 Å². The van der Waals surface area contributed by atoms with E-state index in [-0.39, 0.29) is 0 Å². The summed E-state index contributed by atoms with van der Waals surface area (Å²) in [6.07, 6.45) is 4.25. The van der Waals surface area contributed by atoms with Crippen molar-refractivity contribution < 1.29 is 0 Å². The number of rotatable bonds is 7. The first-order valence-electron chi connectivity index (χ1n) is 6.17. The summed E-state index contributed by atoms with van der Waals surface area (Å²) in [6.45, 7) is 7.74. The minimum atomic E-state index is 0.546. The van der Waals surface area contributed by atoms with Crippen molar-refractivity contribution in [3.63, 3.8) is 0 Å². The van der Waals surface area contributed by atoms with Gasteiger partial charge in [-0.15, -0.1) is 11.8 Å². The lowest BCUT2D eigenvalue weighted by Gasteiger charge is -2.18. The van der Waals surface area contributed by atoms with E-state index >= 15 is 0 Å². The van der Waals surface area contributed by atoms with Gasteiger partial charge >= 0.3 is 0 Å². The predicted molar refractivity (Wildman–Crippen MR) is 79.6 cm³/mol. The second kappa shape index (κ2) is 8.11. The van der Waals surface area contributed by atoms with E-state index in [1.807, 2.05) is 24.0 Å². The first kappa shape index (κ1) is 15.0. The van der Waals surface area contributed by atoms with Gasteiger partial charge < -0.3 is 5.32 Å². The minimum Gasteiger partial charge on any atom is -0.313 e. The van der Waals surface area contributed by atoms with Gasteiger partial charge in [0.1, 0.15) is 0 Å². The molecule has 0 aromatic carbocycles. The van der Waals surface area contributed by atoms with E-state index in [2.05, 4.69) is 53.1 Å². The second-order valence-corrected chi connectivity index (χ2v) is 6.54. The van der Waals surface area contributed by atoms with Gasteiger partial charge in [0.15, 0.2) is 0 Å². The molecule has 0 saturated heterocycles. The molecule has 0 aliphatic carbocycles. The van der Waals surface area contributed by atoms with Crippen LogP contribution in [0.1, 0.15) is 33.6 Å². The van der Waals surface area contributed by atoms with Crippen LogP contribution in [0.2, 0.25) is 0 Å². The molecule has 1 unspecified atom stereocenters. The summed E-state index contributed by atoms with van der Waals surface area (Å²) in [7, 11) is 0. The SMILES string of the molecule is CCC(CC)NCC(C)Sc1ccc(Br)cn1. The number of halogens is 1. The van der Waals surface area contributed by atoms with E-state index in [9.17, 15) is 0 Å². The van der Waals surface area contributed by atoms with Crippen molar-refractivity contribution in [2.45, 2.75) is 49.9 Å². The van der Waals surface area contributed by atoms with Crippen LogP contribution in [-0.2, 0) is 0 Å². The molecule has 0 radical (unpaired) electrons. The van der Waals surface area contributed by atoms with E-state index in [0.29, 0.717) is 11.3 Å². The van der Waals surface area contributed by atoms with Crippen molar-refractivity contribution in [2.24, 2.45) is 0 Å². The van der Waals surface area contributed by atoms with Crippen LogP contribution in [0.15, 0.2) is 27.8 Å². The monoisotopic (exact) mass is 316 g/mol. The molecule has 96 valence electrons. The van der Waals surface area contributed by atoms with Gasteiger partial charge in [0.05, 0.1) is 5.03 Å². The molecule has 0 saturated carbocycles. The maximum atomic E-state index is 4.37. The highest BCUT2D eigenvalue weighted by atomic mass is 79.9. The van der Waals surface area contributed by atoms with Crippen LogP contribution in [-0.4, -0.2) is 22.8 Å². The molecular formula is C13H21BrN2S. The summed E-state index contributed by atoms with van der Waals surface area (Å²) >= 11 is 5.22. The largest absolute Gasteiger partial charge is 0.313 e. The molecular weight excluding hydrogens is 296 g/mol.